The van der Waals surface area contributed by atoms with Crippen LogP contribution in [0.15, 0.2) is 34.7 Å². The summed E-state index contributed by atoms with van der Waals surface area (Å²) >= 11 is 13.1. The van der Waals surface area contributed by atoms with E-state index in [2.05, 4.69) is 15.0 Å². The van der Waals surface area contributed by atoms with Gasteiger partial charge in [0.25, 0.3) is 0 Å². The van der Waals surface area contributed by atoms with Crippen molar-refractivity contribution in [3.05, 3.63) is 34.7 Å². The molecule has 2 heterocycles. The molecule has 0 spiro atoms. The van der Waals surface area contributed by atoms with Crippen molar-refractivity contribution >= 4 is 40.8 Å². The van der Waals surface area contributed by atoms with E-state index < -0.39 is 0 Å². The van der Waals surface area contributed by atoms with E-state index in [0.29, 0.717) is 15.1 Å². The van der Waals surface area contributed by atoms with E-state index in [-0.39, 0.29) is 5.82 Å². The summed E-state index contributed by atoms with van der Waals surface area (Å²) in [7, 11) is 0. The minimum atomic E-state index is 0.252. The van der Waals surface area contributed by atoms with Crippen LogP contribution in [-0.2, 0) is 0 Å². The van der Waals surface area contributed by atoms with E-state index in [0.717, 1.165) is 5.03 Å². The van der Waals surface area contributed by atoms with Gasteiger partial charge in [-0.3, -0.25) is 0 Å². The fourth-order valence-corrected chi connectivity index (χ4v) is 2.17. The van der Waals surface area contributed by atoms with Gasteiger partial charge < -0.3 is 5.73 Å². The average molecular weight is 273 g/mol. The molecule has 0 aromatic carbocycles. The van der Waals surface area contributed by atoms with E-state index in [1.54, 1.807) is 18.3 Å². The van der Waals surface area contributed by atoms with Gasteiger partial charge in [0.15, 0.2) is 0 Å². The van der Waals surface area contributed by atoms with Crippen LogP contribution in [0, 0.1) is 0 Å². The number of hydrogen-bond acceptors (Lipinski definition) is 5. The number of rotatable bonds is 2. The Hall–Kier alpha value is -1.04. The van der Waals surface area contributed by atoms with Gasteiger partial charge in [-0.15, -0.1) is 0 Å². The van der Waals surface area contributed by atoms with Gasteiger partial charge in [-0.2, -0.15) is 0 Å². The Balaban J connectivity index is 2.32. The first-order valence-electron chi connectivity index (χ1n) is 4.22. The predicted octanol–water partition coefficient (Wildman–Crippen LogP) is 2.91. The number of nitrogen functional groups attached to an aromatic ring is 1. The zero-order valence-electron chi connectivity index (χ0n) is 7.89. The van der Waals surface area contributed by atoms with Crippen molar-refractivity contribution < 1.29 is 0 Å². The van der Waals surface area contributed by atoms with Crippen molar-refractivity contribution in [2.24, 2.45) is 0 Å². The summed E-state index contributed by atoms with van der Waals surface area (Å²) < 4.78 is 0. The fourth-order valence-electron chi connectivity index (χ4n) is 0.973. The molecular weight excluding hydrogens is 267 g/mol. The van der Waals surface area contributed by atoms with Gasteiger partial charge in [0.2, 0.25) is 0 Å². The quantitative estimate of drug-likeness (QED) is 0.852. The summed E-state index contributed by atoms with van der Waals surface area (Å²) in [5.74, 6) is 0.252. The highest BCUT2D eigenvalue weighted by Crippen LogP contribution is 2.33. The average Bonchev–Trinajstić information content (AvgIpc) is 2.27. The summed E-state index contributed by atoms with van der Waals surface area (Å²) in [4.78, 5) is 11.9. The fraction of sp³-hybridized carbons (Fsp3) is 0. The SMILES string of the molecule is Nc1nc(Sc2ccncn2)c(Cl)cc1Cl. The van der Waals surface area contributed by atoms with Crippen LogP contribution in [0.4, 0.5) is 5.82 Å². The van der Waals surface area contributed by atoms with Crippen molar-refractivity contribution in [3.8, 4) is 0 Å². The van der Waals surface area contributed by atoms with Gasteiger partial charge in [0.05, 0.1) is 10.0 Å². The second kappa shape index (κ2) is 4.86. The first kappa shape index (κ1) is 11.4. The number of halogens is 2. The minimum Gasteiger partial charge on any atom is -0.382 e. The molecule has 2 rings (SSSR count). The second-order valence-corrected chi connectivity index (χ2v) is 4.62. The molecule has 0 amide bonds. The highest BCUT2D eigenvalue weighted by molar-refractivity contribution is 7.99. The molecular formula is C9H6Cl2N4S. The van der Waals surface area contributed by atoms with Gasteiger partial charge in [-0.1, -0.05) is 23.2 Å². The van der Waals surface area contributed by atoms with E-state index in [1.807, 2.05) is 0 Å². The third-order valence-electron chi connectivity index (χ3n) is 1.68. The van der Waals surface area contributed by atoms with E-state index in [4.69, 9.17) is 28.9 Å². The molecule has 82 valence electrons. The molecule has 0 bridgehead atoms. The van der Waals surface area contributed by atoms with Crippen LogP contribution in [0.5, 0.6) is 0 Å². The molecule has 0 aliphatic carbocycles. The van der Waals surface area contributed by atoms with E-state index in [1.165, 1.54) is 18.1 Å². The van der Waals surface area contributed by atoms with E-state index >= 15 is 0 Å². The molecule has 4 nitrogen and oxygen atoms in total. The lowest BCUT2D eigenvalue weighted by molar-refractivity contribution is 1.04. The summed E-state index contributed by atoms with van der Waals surface area (Å²) in [6, 6.07) is 3.32. The molecule has 16 heavy (non-hydrogen) atoms. The molecule has 0 saturated carbocycles. The van der Waals surface area contributed by atoms with E-state index in [9.17, 15) is 0 Å². The second-order valence-electron chi connectivity index (χ2n) is 2.79. The standard InChI is InChI=1S/C9H6Cl2N4S/c10-5-3-6(11)9(15-8(5)12)16-7-1-2-13-4-14-7/h1-4H,(H2,12,15). The molecule has 2 aromatic heterocycles. The van der Waals surface area contributed by atoms with Gasteiger partial charge in [-0.05, 0) is 23.9 Å². The van der Waals surface area contributed by atoms with Crippen LogP contribution < -0.4 is 5.73 Å². The summed E-state index contributed by atoms with van der Waals surface area (Å²) in [6.45, 7) is 0. The van der Waals surface area contributed by atoms with Crippen LogP contribution in [0.25, 0.3) is 0 Å². The van der Waals surface area contributed by atoms with Crippen molar-refractivity contribution in [2.45, 2.75) is 10.1 Å². The maximum Gasteiger partial charge on any atom is 0.143 e. The minimum absolute atomic E-state index is 0.252. The van der Waals surface area contributed by atoms with Crippen molar-refractivity contribution in [3.63, 3.8) is 0 Å². The Morgan fingerprint density at radius 3 is 2.75 bits per heavy atom. The maximum absolute atomic E-state index is 5.98. The Labute approximate surface area is 106 Å². The predicted molar refractivity (Wildman–Crippen MR) is 64.8 cm³/mol. The zero-order valence-corrected chi connectivity index (χ0v) is 10.2. The van der Waals surface area contributed by atoms with Crippen molar-refractivity contribution in [1.82, 2.24) is 15.0 Å². The molecule has 2 aromatic rings. The molecule has 0 radical (unpaired) electrons. The van der Waals surface area contributed by atoms with Crippen LogP contribution in [-0.4, -0.2) is 15.0 Å². The van der Waals surface area contributed by atoms with Crippen LogP contribution in [0.3, 0.4) is 0 Å². The molecule has 7 heteroatoms. The summed E-state index contributed by atoms with van der Waals surface area (Å²) in [6.07, 6.45) is 3.10. The highest BCUT2D eigenvalue weighted by atomic mass is 35.5. The topological polar surface area (TPSA) is 64.7 Å². The molecule has 0 atom stereocenters. The lowest BCUT2D eigenvalue weighted by Gasteiger charge is -2.04. The molecule has 0 unspecified atom stereocenters. The lowest BCUT2D eigenvalue weighted by Crippen LogP contribution is -1.93. The van der Waals surface area contributed by atoms with Crippen molar-refractivity contribution in [1.29, 1.82) is 0 Å². The van der Waals surface area contributed by atoms with Crippen LogP contribution >= 0.6 is 35.0 Å². The van der Waals surface area contributed by atoms with Crippen LogP contribution in [0.1, 0.15) is 0 Å². The maximum atomic E-state index is 5.98. The number of hydrogen-bond donors (Lipinski definition) is 1. The third-order valence-corrected chi connectivity index (χ3v) is 3.34. The Bertz CT molecular complexity index is 506. The third kappa shape index (κ3) is 2.55. The lowest BCUT2D eigenvalue weighted by atomic mass is 10.5. The molecule has 2 N–H and O–H groups in total. The first-order chi connectivity index (χ1) is 7.66. The smallest absolute Gasteiger partial charge is 0.143 e. The first-order valence-corrected chi connectivity index (χ1v) is 5.79. The van der Waals surface area contributed by atoms with Gasteiger partial charge in [0, 0.05) is 6.20 Å². The van der Waals surface area contributed by atoms with Crippen molar-refractivity contribution in [2.75, 3.05) is 5.73 Å². The number of nitrogens with two attached hydrogens (primary N) is 1. The number of nitrogens with zero attached hydrogens (tertiary/aromatic N) is 3. The highest BCUT2D eigenvalue weighted by Gasteiger charge is 2.09. The number of pyridine rings is 1. The number of aromatic nitrogens is 3. The molecule has 0 fully saturated rings. The van der Waals surface area contributed by atoms with Gasteiger partial charge >= 0.3 is 0 Å². The Morgan fingerprint density at radius 1 is 1.25 bits per heavy atom. The Morgan fingerprint density at radius 2 is 2.06 bits per heavy atom. The molecule has 0 saturated heterocycles. The largest absolute Gasteiger partial charge is 0.382 e. The Kier molecular flexibility index (Phi) is 3.48. The zero-order chi connectivity index (χ0) is 11.5. The molecule has 0 aliphatic heterocycles. The van der Waals surface area contributed by atoms with Crippen LogP contribution in [0.2, 0.25) is 10.0 Å². The summed E-state index contributed by atoms with van der Waals surface area (Å²) in [5, 5.41) is 2.10. The monoisotopic (exact) mass is 272 g/mol. The van der Waals surface area contributed by atoms with Gasteiger partial charge in [-0.25, -0.2) is 15.0 Å². The summed E-state index contributed by atoms with van der Waals surface area (Å²) in [5.41, 5.74) is 5.60. The van der Waals surface area contributed by atoms with Gasteiger partial charge in [0.1, 0.15) is 22.2 Å². The molecule has 0 aliphatic rings. The normalized spacial score (nSPS) is 10.4. The number of anilines is 1.